The Hall–Kier alpha value is -1.30. The molecule has 1 rings (SSSR count). The van der Waals surface area contributed by atoms with Gasteiger partial charge in [-0.05, 0) is 12.1 Å². The fourth-order valence-electron chi connectivity index (χ4n) is 0.688. The van der Waals surface area contributed by atoms with Gasteiger partial charge in [-0.15, -0.1) is 0 Å². The van der Waals surface area contributed by atoms with Gasteiger partial charge in [0, 0.05) is 0 Å². The quantitative estimate of drug-likeness (QED) is 0.558. The summed E-state index contributed by atoms with van der Waals surface area (Å²) in [5, 5.41) is 33.0. The normalized spacial score (nSPS) is 9.40. The van der Waals surface area contributed by atoms with E-state index in [9.17, 15) is 0 Å². The van der Waals surface area contributed by atoms with Crippen LogP contribution in [-0.4, -0.2) is 46.9 Å². The molecule has 0 atom stereocenters. The first-order valence-electron chi connectivity index (χ1n) is 4.37. The van der Waals surface area contributed by atoms with Gasteiger partial charge in [0.2, 0.25) is 0 Å². The van der Waals surface area contributed by atoms with Crippen LogP contribution in [0.4, 0.5) is 0 Å². The Bertz CT molecular complexity index is 260. The SMILES string of the molecule is COc1ccccc1O.OCC(O)CO. The molecule has 1 aromatic carbocycles. The van der Waals surface area contributed by atoms with Crippen molar-refractivity contribution in [2.75, 3.05) is 20.3 Å². The standard InChI is InChI=1S/C7H8O2.C3H8O3/c1-9-7-5-3-2-4-6(7)8;4-1-3(6)2-5/h2-5,8H,1H3;3-6H,1-2H2. The molecule has 5 heteroatoms. The minimum Gasteiger partial charge on any atom is -0.504 e. The van der Waals surface area contributed by atoms with E-state index < -0.39 is 6.10 Å². The fourth-order valence-corrected chi connectivity index (χ4v) is 0.688. The van der Waals surface area contributed by atoms with Crippen molar-refractivity contribution in [2.45, 2.75) is 6.10 Å². The van der Waals surface area contributed by atoms with E-state index >= 15 is 0 Å². The molecule has 86 valence electrons. The van der Waals surface area contributed by atoms with Gasteiger partial charge in [0.05, 0.1) is 20.3 Å². The lowest BCUT2D eigenvalue weighted by molar-refractivity contribution is 0.0450. The number of aliphatic hydroxyl groups excluding tert-OH is 3. The van der Waals surface area contributed by atoms with Crippen LogP contribution in [0.3, 0.4) is 0 Å². The third-order valence-corrected chi connectivity index (χ3v) is 1.51. The molecule has 4 N–H and O–H groups in total. The molecule has 0 unspecified atom stereocenters. The summed E-state index contributed by atoms with van der Waals surface area (Å²) in [6.45, 7) is -0.729. The predicted molar refractivity (Wildman–Crippen MR) is 54.8 cm³/mol. The second-order valence-corrected chi connectivity index (χ2v) is 2.69. The number of benzene rings is 1. The smallest absolute Gasteiger partial charge is 0.160 e. The van der Waals surface area contributed by atoms with E-state index in [0.29, 0.717) is 5.75 Å². The Morgan fingerprint density at radius 2 is 1.73 bits per heavy atom. The number of aliphatic hydroxyl groups is 3. The molecule has 0 spiro atoms. The molecule has 15 heavy (non-hydrogen) atoms. The maximum atomic E-state index is 8.99. The van der Waals surface area contributed by atoms with Crippen LogP contribution < -0.4 is 4.74 Å². The summed E-state index contributed by atoms with van der Waals surface area (Å²) in [7, 11) is 1.52. The Labute approximate surface area is 88.2 Å². The van der Waals surface area contributed by atoms with Gasteiger partial charge in [-0.1, -0.05) is 12.1 Å². The minimum atomic E-state index is -0.954. The lowest BCUT2D eigenvalue weighted by atomic mass is 10.3. The van der Waals surface area contributed by atoms with Gasteiger partial charge >= 0.3 is 0 Å². The van der Waals surface area contributed by atoms with Gasteiger partial charge in [-0.3, -0.25) is 0 Å². The number of ether oxygens (including phenoxy) is 1. The van der Waals surface area contributed by atoms with Crippen LogP contribution in [0.5, 0.6) is 11.5 Å². The average Bonchev–Trinajstić information content (AvgIpc) is 2.29. The minimum absolute atomic E-state index is 0.181. The zero-order valence-electron chi connectivity index (χ0n) is 8.50. The van der Waals surface area contributed by atoms with Crippen molar-refractivity contribution < 1.29 is 25.2 Å². The summed E-state index contributed by atoms with van der Waals surface area (Å²) in [5.41, 5.74) is 0. The van der Waals surface area contributed by atoms with E-state index in [0.717, 1.165) is 0 Å². The van der Waals surface area contributed by atoms with Crippen molar-refractivity contribution in [3.05, 3.63) is 24.3 Å². The van der Waals surface area contributed by atoms with Crippen LogP contribution in [0.2, 0.25) is 0 Å². The highest BCUT2D eigenvalue weighted by Crippen LogP contribution is 2.22. The van der Waals surface area contributed by atoms with Crippen molar-refractivity contribution >= 4 is 0 Å². The monoisotopic (exact) mass is 216 g/mol. The van der Waals surface area contributed by atoms with Crippen molar-refractivity contribution in [3.8, 4) is 11.5 Å². The summed E-state index contributed by atoms with van der Waals surface area (Å²) >= 11 is 0. The molecule has 0 aliphatic heterocycles. The zero-order chi connectivity index (χ0) is 11.7. The number of hydrogen-bond acceptors (Lipinski definition) is 5. The third-order valence-electron chi connectivity index (χ3n) is 1.51. The summed E-state index contributed by atoms with van der Waals surface area (Å²) < 4.78 is 4.79. The Morgan fingerprint density at radius 1 is 1.20 bits per heavy atom. The van der Waals surface area contributed by atoms with Crippen LogP contribution in [0.1, 0.15) is 0 Å². The van der Waals surface area contributed by atoms with Crippen molar-refractivity contribution in [1.82, 2.24) is 0 Å². The maximum absolute atomic E-state index is 8.99. The molecule has 0 radical (unpaired) electrons. The van der Waals surface area contributed by atoms with Gasteiger partial charge in [0.15, 0.2) is 11.5 Å². The Kier molecular flexibility index (Phi) is 7.35. The molecule has 0 aromatic heterocycles. The maximum Gasteiger partial charge on any atom is 0.160 e. The topological polar surface area (TPSA) is 90.2 Å². The molecule has 0 aliphatic rings. The first-order chi connectivity index (χ1) is 7.15. The molecule has 0 saturated heterocycles. The number of phenolic OH excluding ortho intramolecular Hbond substituents is 1. The van der Waals surface area contributed by atoms with Crippen LogP contribution in [0, 0.1) is 0 Å². The van der Waals surface area contributed by atoms with Gasteiger partial charge in [-0.25, -0.2) is 0 Å². The molecule has 0 aliphatic carbocycles. The molecule has 0 amide bonds. The predicted octanol–water partition coefficient (Wildman–Crippen LogP) is -0.267. The number of aromatic hydroxyl groups is 1. The van der Waals surface area contributed by atoms with Crippen molar-refractivity contribution in [3.63, 3.8) is 0 Å². The molecule has 0 heterocycles. The van der Waals surface area contributed by atoms with E-state index in [1.807, 2.05) is 0 Å². The summed E-state index contributed by atoms with van der Waals surface area (Å²) in [6.07, 6.45) is -0.954. The second-order valence-electron chi connectivity index (χ2n) is 2.69. The number of methoxy groups -OCH3 is 1. The first kappa shape index (κ1) is 13.7. The van der Waals surface area contributed by atoms with Gasteiger partial charge < -0.3 is 25.2 Å². The molecule has 5 nitrogen and oxygen atoms in total. The lowest BCUT2D eigenvalue weighted by Gasteiger charge is -1.99. The van der Waals surface area contributed by atoms with Crippen molar-refractivity contribution in [2.24, 2.45) is 0 Å². The largest absolute Gasteiger partial charge is 0.504 e. The number of para-hydroxylation sites is 2. The van der Waals surface area contributed by atoms with Crippen LogP contribution >= 0.6 is 0 Å². The van der Waals surface area contributed by atoms with E-state index in [4.69, 9.17) is 25.2 Å². The molecule has 0 bridgehead atoms. The van der Waals surface area contributed by atoms with E-state index in [1.54, 1.807) is 24.3 Å². The van der Waals surface area contributed by atoms with E-state index in [-0.39, 0.29) is 19.0 Å². The molecule has 1 aromatic rings. The average molecular weight is 216 g/mol. The zero-order valence-corrected chi connectivity index (χ0v) is 8.50. The highest BCUT2D eigenvalue weighted by atomic mass is 16.5. The van der Waals surface area contributed by atoms with Crippen LogP contribution in [0.15, 0.2) is 24.3 Å². The number of phenols is 1. The summed E-state index contributed by atoms with van der Waals surface area (Å²) in [4.78, 5) is 0. The molecular formula is C10H16O5. The third kappa shape index (κ3) is 5.90. The first-order valence-corrected chi connectivity index (χ1v) is 4.37. The van der Waals surface area contributed by atoms with Crippen molar-refractivity contribution in [1.29, 1.82) is 0 Å². The highest BCUT2D eigenvalue weighted by Gasteiger charge is 1.94. The number of rotatable bonds is 3. The van der Waals surface area contributed by atoms with Crippen LogP contribution in [0.25, 0.3) is 0 Å². The van der Waals surface area contributed by atoms with E-state index in [1.165, 1.54) is 7.11 Å². The van der Waals surface area contributed by atoms with Gasteiger partial charge in [-0.2, -0.15) is 0 Å². The highest BCUT2D eigenvalue weighted by molar-refractivity contribution is 5.37. The summed E-state index contributed by atoms with van der Waals surface area (Å²) in [5.74, 6) is 0.692. The number of hydrogen-bond donors (Lipinski definition) is 4. The van der Waals surface area contributed by atoms with E-state index in [2.05, 4.69) is 0 Å². The summed E-state index contributed by atoms with van der Waals surface area (Å²) in [6, 6.07) is 6.84. The molecule has 0 saturated carbocycles. The Balaban J connectivity index is 0.000000288. The molecule has 0 fully saturated rings. The molecular weight excluding hydrogens is 200 g/mol. The second kappa shape index (κ2) is 8.05. The fraction of sp³-hybridized carbons (Fsp3) is 0.400. The van der Waals surface area contributed by atoms with Gasteiger partial charge in [0.25, 0.3) is 0 Å². The Morgan fingerprint density at radius 3 is 2.00 bits per heavy atom. The van der Waals surface area contributed by atoms with Gasteiger partial charge in [0.1, 0.15) is 6.10 Å². The van der Waals surface area contributed by atoms with Crippen LogP contribution in [-0.2, 0) is 0 Å². The lowest BCUT2D eigenvalue weighted by Crippen LogP contribution is -2.15.